The topological polar surface area (TPSA) is 80.3 Å². The molecule has 0 spiro atoms. The number of hydrogen-bond donors (Lipinski definition) is 2. The number of benzene rings is 1. The number of anilines is 1. The van der Waals surface area contributed by atoms with Crippen LogP contribution in [-0.2, 0) is 0 Å². The standard InChI is InChI=1S/C18H16F3N3O3/c19-18(20,21)10-27-15-8-5-11(9-22-15)16(25)24-14-4-2-1-3-13(14)17(26)23-12-6-7-12/h1-5,8-9,12H,6-7,10H2,(H,23,26)(H,24,25). The van der Waals surface area contributed by atoms with E-state index in [4.69, 9.17) is 0 Å². The van der Waals surface area contributed by atoms with Crippen LogP contribution in [0.5, 0.6) is 5.88 Å². The van der Waals surface area contributed by atoms with E-state index in [1.165, 1.54) is 12.1 Å². The fourth-order valence-electron chi connectivity index (χ4n) is 2.23. The number of nitrogens with zero attached hydrogens (tertiary/aromatic N) is 1. The maximum Gasteiger partial charge on any atom is 0.422 e. The van der Waals surface area contributed by atoms with Gasteiger partial charge in [0.2, 0.25) is 5.88 Å². The second kappa shape index (κ2) is 7.65. The van der Waals surface area contributed by atoms with Crippen molar-refractivity contribution in [1.82, 2.24) is 10.3 Å². The zero-order chi connectivity index (χ0) is 19.4. The van der Waals surface area contributed by atoms with Crippen molar-refractivity contribution in [2.75, 3.05) is 11.9 Å². The summed E-state index contributed by atoms with van der Waals surface area (Å²) in [7, 11) is 0. The van der Waals surface area contributed by atoms with Crippen LogP contribution in [0.3, 0.4) is 0 Å². The Balaban J connectivity index is 1.66. The number of ether oxygens (including phenoxy) is 1. The Kier molecular flexibility index (Phi) is 5.29. The van der Waals surface area contributed by atoms with Crippen molar-refractivity contribution in [2.24, 2.45) is 0 Å². The zero-order valence-electron chi connectivity index (χ0n) is 14.0. The summed E-state index contributed by atoms with van der Waals surface area (Å²) in [6.07, 6.45) is -1.49. The Morgan fingerprint density at radius 3 is 2.48 bits per heavy atom. The molecule has 1 heterocycles. The lowest BCUT2D eigenvalue weighted by molar-refractivity contribution is -0.154. The van der Waals surface area contributed by atoms with Crippen LogP contribution in [0, 0.1) is 0 Å². The molecule has 2 amide bonds. The summed E-state index contributed by atoms with van der Waals surface area (Å²) in [6, 6.07) is 9.19. The van der Waals surface area contributed by atoms with Crippen molar-refractivity contribution in [3.63, 3.8) is 0 Å². The van der Waals surface area contributed by atoms with Crippen molar-refractivity contribution in [3.05, 3.63) is 53.7 Å². The van der Waals surface area contributed by atoms with Gasteiger partial charge in [0.15, 0.2) is 6.61 Å². The first-order valence-electron chi connectivity index (χ1n) is 8.19. The summed E-state index contributed by atoms with van der Waals surface area (Å²) in [5, 5.41) is 5.46. The molecule has 2 N–H and O–H groups in total. The first kappa shape index (κ1) is 18.7. The van der Waals surface area contributed by atoms with Crippen LogP contribution in [0.4, 0.5) is 18.9 Å². The van der Waals surface area contributed by atoms with Gasteiger partial charge in [0.25, 0.3) is 11.8 Å². The molecule has 0 unspecified atom stereocenters. The fourth-order valence-corrected chi connectivity index (χ4v) is 2.23. The van der Waals surface area contributed by atoms with Crippen molar-refractivity contribution in [3.8, 4) is 5.88 Å². The Labute approximate surface area is 152 Å². The largest absolute Gasteiger partial charge is 0.468 e. The molecular weight excluding hydrogens is 363 g/mol. The lowest BCUT2D eigenvalue weighted by Crippen LogP contribution is -2.27. The first-order valence-corrected chi connectivity index (χ1v) is 8.19. The highest BCUT2D eigenvalue weighted by Crippen LogP contribution is 2.22. The van der Waals surface area contributed by atoms with Crippen LogP contribution in [0.1, 0.15) is 33.6 Å². The van der Waals surface area contributed by atoms with Gasteiger partial charge in [-0.1, -0.05) is 12.1 Å². The molecule has 27 heavy (non-hydrogen) atoms. The quantitative estimate of drug-likeness (QED) is 0.808. The highest BCUT2D eigenvalue weighted by molar-refractivity contribution is 6.08. The second-order valence-electron chi connectivity index (χ2n) is 6.04. The van der Waals surface area contributed by atoms with Crippen LogP contribution in [-0.4, -0.2) is 35.6 Å². The minimum Gasteiger partial charge on any atom is -0.468 e. The van der Waals surface area contributed by atoms with Gasteiger partial charge in [-0.25, -0.2) is 4.98 Å². The molecule has 1 aliphatic rings. The fraction of sp³-hybridized carbons (Fsp3) is 0.278. The molecule has 3 rings (SSSR count). The summed E-state index contributed by atoms with van der Waals surface area (Å²) in [5.41, 5.74) is 0.778. The highest BCUT2D eigenvalue weighted by atomic mass is 19.4. The van der Waals surface area contributed by atoms with Gasteiger partial charge in [-0.3, -0.25) is 9.59 Å². The van der Waals surface area contributed by atoms with Crippen LogP contribution >= 0.6 is 0 Å². The van der Waals surface area contributed by atoms with E-state index in [0.717, 1.165) is 19.0 Å². The Morgan fingerprint density at radius 2 is 1.85 bits per heavy atom. The number of halogens is 3. The van der Waals surface area contributed by atoms with E-state index >= 15 is 0 Å². The first-order chi connectivity index (χ1) is 12.8. The van der Waals surface area contributed by atoms with Gasteiger partial charge < -0.3 is 15.4 Å². The molecule has 9 heteroatoms. The molecular formula is C18H16F3N3O3. The molecule has 6 nitrogen and oxygen atoms in total. The van der Waals surface area contributed by atoms with Gasteiger partial charge in [0.05, 0.1) is 16.8 Å². The SMILES string of the molecule is O=C(Nc1ccccc1C(=O)NC1CC1)c1ccc(OCC(F)(F)F)nc1. The van der Waals surface area contributed by atoms with E-state index in [1.54, 1.807) is 24.3 Å². The smallest absolute Gasteiger partial charge is 0.422 e. The molecule has 0 atom stereocenters. The van der Waals surface area contributed by atoms with Gasteiger partial charge in [-0.2, -0.15) is 13.2 Å². The van der Waals surface area contributed by atoms with E-state index in [0.29, 0.717) is 11.3 Å². The van der Waals surface area contributed by atoms with Gasteiger partial charge in [-0.05, 0) is 31.0 Å². The number of aromatic nitrogens is 1. The molecule has 0 saturated heterocycles. The molecule has 1 aromatic heterocycles. The molecule has 2 aromatic rings. The predicted octanol–water partition coefficient (Wildman–Crippen LogP) is 3.17. The molecule has 1 aromatic carbocycles. The Hall–Kier alpha value is -3.10. The lowest BCUT2D eigenvalue weighted by atomic mass is 10.1. The second-order valence-corrected chi connectivity index (χ2v) is 6.04. The average molecular weight is 379 g/mol. The summed E-state index contributed by atoms with van der Waals surface area (Å²) >= 11 is 0. The Morgan fingerprint density at radius 1 is 1.11 bits per heavy atom. The average Bonchev–Trinajstić information content (AvgIpc) is 3.44. The van der Waals surface area contributed by atoms with Crippen molar-refractivity contribution in [1.29, 1.82) is 0 Å². The van der Waals surface area contributed by atoms with Gasteiger partial charge in [0, 0.05) is 18.3 Å². The van der Waals surface area contributed by atoms with Crippen LogP contribution in [0.25, 0.3) is 0 Å². The van der Waals surface area contributed by atoms with E-state index in [1.807, 2.05) is 0 Å². The number of carbonyl (C=O) groups is 2. The molecule has 1 saturated carbocycles. The van der Waals surface area contributed by atoms with Gasteiger partial charge in [-0.15, -0.1) is 0 Å². The van der Waals surface area contributed by atoms with Crippen molar-refractivity contribution >= 4 is 17.5 Å². The van der Waals surface area contributed by atoms with Gasteiger partial charge in [0.1, 0.15) is 0 Å². The number of pyridine rings is 1. The Bertz CT molecular complexity index is 834. The molecule has 0 radical (unpaired) electrons. The molecule has 1 fully saturated rings. The number of carbonyl (C=O) groups excluding carboxylic acids is 2. The number of alkyl halides is 3. The van der Waals surface area contributed by atoms with E-state index in [9.17, 15) is 22.8 Å². The number of para-hydroxylation sites is 1. The number of rotatable bonds is 6. The van der Waals surface area contributed by atoms with E-state index in [-0.39, 0.29) is 23.4 Å². The lowest BCUT2D eigenvalue weighted by Gasteiger charge is -2.11. The number of nitrogens with one attached hydrogen (secondary N) is 2. The summed E-state index contributed by atoms with van der Waals surface area (Å²) in [6.45, 7) is -1.46. The summed E-state index contributed by atoms with van der Waals surface area (Å²) in [4.78, 5) is 28.3. The molecule has 0 bridgehead atoms. The minimum absolute atomic E-state index is 0.117. The highest BCUT2D eigenvalue weighted by Gasteiger charge is 2.28. The normalized spacial score (nSPS) is 13.7. The maximum absolute atomic E-state index is 12.3. The van der Waals surface area contributed by atoms with Crippen LogP contribution < -0.4 is 15.4 Å². The van der Waals surface area contributed by atoms with Crippen LogP contribution in [0.2, 0.25) is 0 Å². The zero-order valence-corrected chi connectivity index (χ0v) is 14.0. The molecule has 142 valence electrons. The van der Waals surface area contributed by atoms with E-state index < -0.39 is 18.7 Å². The molecule has 0 aliphatic heterocycles. The summed E-state index contributed by atoms with van der Waals surface area (Å²) in [5.74, 6) is -1.06. The third kappa shape index (κ3) is 5.44. The van der Waals surface area contributed by atoms with Crippen molar-refractivity contribution < 1.29 is 27.5 Å². The van der Waals surface area contributed by atoms with Crippen LogP contribution in [0.15, 0.2) is 42.6 Å². The predicted molar refractivity (Wildman–Crippen MR) is 90.7 cm³/mol. The maximum atomic E-state index is 12.3. The number of hydrogen-bond acceptors (Lipinski definition) is 4. The summed E-state index contributed by atoms with van der Waals surface area (Å²) < 4.78 is 40.9. The number of amides is 2. The third-order valence-corrected chi connectivity index (χ3v) is 3.71. The van der Waals surface area contributed by atoms with Crippen molar-refractivity contribution in [2.45, 2.75) is 25.1 Å². The molecule has 1 aliphatic carbocycles. The third-order valence-electron chi connectivity index (χ3n) is 3.71. The van der Waals surface area contributed by atoms with Gasteiger partial charge >= 0.3 is 6.18 Å². The van der Waals surface area contributed by atoms with E-state index in [2.05, 4.69) is 20.4 Å². The minimum atomic E-state index is -4.47. The monoisotopic (exact) mass is 379 g/mol.